The van der Waals surface area contributed by atoms with E-state index in [4.69, 9.17) is 10.5 Å². The molecule has 1 aliphatic rings. The molecule has 0 bridgehead atoms. The van der Waals surface area contributed by atoms with Crippen molar-refractivity contribution < 1.29 is 4.74 Å². The molecule has 1 fully saturated rings. The molecule has 0 spiro atoms. The van der Waals surface area contributed by atoms with E-state index in [-0.39, 0.29) is 5.54 Å². The number of hydrogen-bond acceptors (Lipinski definition) is 3. The average Bonchev–Trinajstić information content (AvgIpc) is 2.12. The second-order valence-corrected chi connectivity index (χ2v) is 5.15. The molecule has 0 amide bonds. The summed E-state index contributed by atoms with van der Waals surface area (Å²) in [7, 11) is 0. The lowest BCUT2D eigenvalue weighted by atomic mass is 9.75. The minimum absolute atomic E-state index is 0.0127. The molecule has 0 aliphatic heterocycles. The first-order chi connectivity index (χ1) is 7.06. The molecule has 1 saturated carbocycles. The van der Waals surface area contributed by atoms with Crippen LogP contribution in [0.25, 0.3) is 0 Å². The molecular weight excluding hydrogens is 188 g/mol. The Kier molecular flexibility index (Phi) is 5.03. The Labute approximate surface area is 93.8 Å². The van der Waals surface area contributed by atoms with Crippen molar-refractivity contribution in [3.05, 3.63) is 0 Å². The first-order valence-corrected chi connectivity index (χ1v) is 6.19. The molecule has 3 N–H and O–H groups in total. The molecule has 0 atom stereocenters. The van der Waals surface area contributed by atoms with Crippen LogP contribution < -0.4 is 11.1 Å². The highest BCUT2D eigenvalue weighted by Crippen LogP contribution is 2.31. The van der Waals surface area contributed by atoms with E-state index in [9.17, 15) is 0 Å². The highest BCUT2D eigenvalue weighted by molar-refractivity contribution is 5.01. The summed E-state index contributed by atoms with van der Waals surface area (Å²) in [5.74, 6) is 0. The van der Waals surface area contributed by atoms with Gasteiger partial charge in [-0.3, -0.25) is 0 Å². The lowest BCUT2D eigenvalue weighted by molar-refractivity contribution is -0.0432. The maximum atomic E-state index is 6.20. The normalized spacial score (nSPS) is 30.6. The maximum absolute atomic E-state index is 6.20. The number of hydrogen-bond donors (Lipinski definition) is 2. The van der Waals surface area contributed by atoms with Gasteiger partial charge in [0.1, 0.15) is 0 Å². The first-order valence-electron chi connectivity index (χ1n) is 6.19. The Morgan fingerprint density at radius 3 is 2.67 bits per heavy atom. The van der Waals surface area contributed by atoms with E-state index < -0.39 is 0 Å². The number of rotatable bonds is 7. The molecule has 90 valence electrons. The molecule has 0 saturated heterocycles. The van der Waals surface area contributed by atoms with Gasteiger partial charge in [0.25, 0.3) is 0 Å². The summed E-state index contributed by atoms with van der Waals surface area (Å²) in [6.07, 6.45) is 4.80. The van der Waals surface area contributed by atoms with Crippen LogP contribution in [0.2, 0.25) is 0 Å². The molecule has 3 heteroatoms. The zero-order valence-corrected chi connectivity index (χ0v) is 10.4. The fourth-order valence-electron chi connectivity index (χ4n) is 1.91. The van der Waals surface area contributed by atoms with Crippen molar-refractivity contribution in [3.8, 4) is 0 Å². The number of nitrogens with two attached hydrogens (primary N) is 1. The van der Waals surface area contributed by atoms with Crippen molar-refractivity contribution in [1.82, 2.24) is 5.32 Å². The second-order valence-electron chi connectivity index (χ2n) is 5.15. The number of ether oxygens (including phenoxy) is 1. The van der Waals surface area contributed by atoms with Gasteiger partial charge in [-0.25, -0.2) is 0 Å². The van der Waals surface area contributed by atoms with Crippen LogP contribution in [0.15, 0.2) is 0 Å². The molecule has 1 aliphatic carbocycles. The molecule has 0 radical (unpaired) electrons. The van der Waals surface area contributed by atoms with Gasteiger partial charge in [0.05, 0.1) is 6.10 Å². The van der Waals surface area contributed by atoms with Crippen LogP contribution in [0, 0.1) is 0 Å². The Balaban J connectivity index is 2.06. The summed E-state index contributed by atoms with van der Waals surface area (Å²) in [5, 5.41) is 3.40. The lowest BCUT2D eigenvalue weighted by Crippen LogP contribution is -2.61. The van der Waals surface area contributed by atoms with Crippen LogP contribution in [0.4, 0.5) is 0 Å². The standard InChI is InChI=1S/C12H26N2O/c1-4-5-6-15-11-7-12(13,8-11)9-14-10(2)3/h10-11,14H,4-9,13H2,1-3H3. The fourth-order valence-corrected chi connectivity index (χ4v) is 1.91. The van der Waals surface area contributed by atoms with Crippen LogP contribution in [0.3, 0.4) is 0 Å². The summed E-state index contributed by atoms with van der Waals surface area (Å²) in [6, 6.07) is 0.519. The van der Waals surface area contributed by atoms with Crippen LogP contribution in [-0.2, 0) is 4.74 Å². The van der Waals surface area contributed by atoms with Crippen LogP contribution in [-0.4, -0.2) is 30.8 Å². The van der Waals surface area contributed by atoms with Gasteiger partial charge in [0.2, 0.25) is 0 Å². The van der Waals surface area contributed by atoms with E-state index in [0.717, 1.165) is 32.4 Å². The second kappa shape index (κ2) is 5.83. The van der Waals surface area contributed by atoms with Gasteiger partial charge in [-0.15, -0.1) is 0 Å². The predicted molar refractivity (Wildman–Crippen MR) is 63.9 cm³/mol. The molecule has 0 unspecified atom stereocenters. The fraction of sp³-hybridized carbons (Fsp3) is 1.00. The number of nitrogens with one attached hydrogen (secondary N) is 1. The monoisotopic (exact) mass is 214 g/mol. The third-order valence-electron chi connectivity index (χ3n) is 2.98. The van der Waals surface area contributed by atoms with Crippen LogP contribution in [0.1, 0.15) is 46.5 Å². The molecule has 3 nitrogen and oxygen atoms in total. The summed E-state index contributed by atoms with van der Waals surface area (Å²) in [5.41, 5.74) is 6.19. The zero-order chi connectivity index (χ0) is 11.3. The van der Waals surface area contributed by atoms with Crippen LogP contribution in [0.5, 0.6) is 0 Å². The Morgan fingerprint density at radius 2 is 2.13 bits per heavy atom. The van der Waals surface area contributed by atoms with Gasteiger partial charge in [-0.05, 0) is 19.3 Å². The van der Waals surface area contributed by atoms with Crippen molar-refractivity contribution >= 4 is 0 Å². The van der Waals surface area contributed by atoms with E-state index in [1.54, 1.807) is 0 Å². The minimum atomic E-state index is -0.0127. The lowest BCUT2D eigenvalue weighted by Gasteiger charge is -2.45. The van der Waals surface area contributed by atoms with Gasteiger partial charge in [-0.2, -0.15) is 0 Å². The zero-order valence-electron chi connectivity index (χ0n) is 10.4. The molecule has 0 aromatic heterocycles. The van der Waals surface area contributed by atoms with E-state index in [1.807, 2.05) is 0 Å². The van der Waals surface area contributed by atoms with Crippen molar-refractivity contribution in [3.63, 3.8) is 0 Å². The average molecular weight is 214 g/mol. The summed E-state index contributed by atoms with van der Waals surface area (Å²) < 4.78 is 5.71. The Hall–Kier alpha value is -0.120. The summed E-state index contributed by atoms with van der Waals surface area (Å²) in [6.45, 7) is 8.30. The SMILES string of the molecule is CCCCOC1CC(N)(CNC(C)C)C1. The van der Waals surface area contributed by atoms with Gasteiger partial charge in [0, 0.05) is 24.7 Å². The van der Waals surface area contributed by atoms with Gasteiger partial charge in [-0.1, -0.05) is 27.2 Å². The maximum Gasteiger partial charge on any atom is 0.0611 e. The van der Waals surface area contributed by atoms with E-state index >= 15 is 0 Å². The topological polar surface area (TPSA) is 47.3 Å². The molecule has 0 aromatic carbocycles. The molecule has 15 heavy (non-hydrogen) atoms. The van der Waals surface area contributed by atoms with E-state index in [2.05, 4.69) is 26.1 Å². The molecule has 1 rings (SSSR count). The Bertz CT molecular complexity index is 176. The van der Waals surface area contributed by atoms with E-state index in [1.165, 1.54) is 6.42 Å². The first kappa shape index (κ1) is 12.9. The molecule has 0 aromatic rings. The summed E-state index contributed by atoms with van der Waals surface area (Å²) in [4.78, 5) is 0. The highest BCUT2D eigenvalue weighted by Gasteiger charge is 2.41. The summed E-state index contributed by atoms with van der Waals surface area (Å²) >= 11 is 0. The highest BCUT2D eigenvalue weighted by atomic mass is 16.5. The van der Waals surface area contributed by atoms with Gasteiger partial charge < -0.3 is 15.8 Å². The molecule has 0 heterocycles. The van der Waals surface area contributed by atoms with Crippen molar-refractivity contribution in [2.75, 3.05) is 13.2 Å². The Morgan fingerprint density at radius 1 is 1.47 bits per heavy atom. The predicted octanol–water partition coefficient (Wildman–Crippen LogP) is 1.66. The van der Waals surface area contributed by atoms with Crippen molar-refractivity contribution in [1.29, 1.82) is 0 Å². The van der Waals surface area contributed by atoms with Crippen molar-refractivity contribution in [2.45, 2.75) is 64.1 Å². The third-order valence-corrected chi connectivity index (χ3v) is 2.98. The quantitative estimate of drug-likeness (QED) is 0.634. The van der Waals surface area contributed by atoms with Crippen molar-refractivity contribution in [2.24, 2.45) is 5.73 Å². The van der Waals surface area contributed by atoms with Gasteiger partial charge >= 0.3 is 0 Å². The minimum Gasteiger partial charge on any atom is -0.378 e. The number of unbranched alkanes of at least 4 members (excludes halogenated alkanes) is 1. The largest absolute Gasteiger partial charge is 0.378 e. The molecular formula is C12H26N2O. The van der Waals surface area contributed by atoms with E-state index in [0.29, 0.717) is 12.1 Å². The third kappa shape index (κ3) is 4.49. The van der Waals surface area contributed by atoms with Crippen LogP contribution >= 0.6 is 0 Å². The van der Waals surface area contributed by atoms with Gasteiger partial charge in [0.15, 0.2) is 0 Å². The smallest absolute Gasteiger partial charge is 0.0611 e.